The summed E-state index contributed by atoms with van der Waals surface area (Å²) >= 11 is 0. The van der Waals surface area contributed by atoms with E-state index in [1.54, 1.807) is 0 Å². The van der Waals surface area contributed by atoms with Gasteiger partial charge in [0.2, 0.25) is 0 Å². The molecule has 0 aliphatic heterocycles. The monoisotopic (exact) mass is 272 g/mol. The molecule has 2 rings (SSSR count). The Morgan fingerprint density at radius 2 is 1.65 bits per heavy atom. The molecule has 0 spiro atoms. The van der Waals surface area contributed by atoms with Crippen molar-refractivity contribution in [3.8, 4) is 0 Å². The predicted molar refractivity (Wildman–Crippen MR) is 85.2 cm³/mol. The molecule has 1 aliphatic carbocycles. The van der Waals surface area contributed by atoms with E-state index in [-0.39, 0.29) is 5.92 Å². The van der Waals surface area contributed by atoms with Gasteiger partial charge in [-0.15, -0.1) is 0 Å². The van der Waals surface area contributed by atoms with E-state index in [0.29, 0.717) is 5.78 Å². The number of ketones is 1. The van der Waals surface area contributed by atoms with Crippen molar-refractivity contribution in [1.29, 1.82) is 0 Å². The average molecular weight is 272 g/mol. The number of benzene rings is 1. The largest absolute Gasteiger partial charge is 0.294 e. The molecule has 0 bridgehead atoms. The molecule has 1 nitrogen and oxygen atoms in total. The third kappa shape index (κ3) is 3.94. The van der Waals surface area contributed by atoms with Crippen LogP contribution in [0.4, 0.5) is 0 Å². The molecule has 1 aromatic rings. The first kappa shape index (κ1) is 15.3. The molecule has 0 atom stereocenters. The second kappa shape index (κ2) is 7.06. The van der Waals surface area contributed by atoms with E-state index in [9.17, 15) is 4.79 Å². The van der Waals surface area contributed by atoms with Crippen LogP contribution >= 0.6 is 0 Å². The van der Waals surface area contributed by atoms with Gasteiger partial charge in [0.15, 0.2) is 5.78 Å². The molecule has 20 heavy (non-hydrogen) atoms. The second-order valence-corrected chi connectivity index (χ2v) is 6.60. The summed E-state index contributed by atoms with van der Waals surface area (Å²) in [5.74, 6) is 1.53. The average Bonchev–Trinajstić information content (AvgIpc) is 2.44. The minimum Gasteiger partial charge on any atom is -0.294 e. The smallest absolute Gasteiger partial charge is 0.165 e. The molecule has 0 radical (unpaired) electrons. The van der Waals surface area contributed by atoms with Crippen LogP contribution in [0.15, 0.2) is 18.2 Å². The van der Waals surface area contributed by atoms with Crippen LogP contribution in [-0.4, -0.2) is 5.78 Å². The number of carbonyl (C=O) groups is 1. The Balaban J connectivity index is 1.94. The van der Waals surface area contributed by atoms with Crippen molar-refractivity contribution in [3.63, 3.8) is 0 Å². The van der Waals surface area contributed by atoms with E-state index in [2.05, 4.69) is 39.0 Å². The fraction of sp³-hybridized carbons (Fsp3) is 0.632. The lowest BCUT2D eigenvalue weighted by Crippen LogP contribution is -2.22. The second-order valence-electron chi connectivity index (χ2n) is 6.60. The summed E-state index contributed by atoms with van der Waals surface area (Å²) in [7, 11) is 0. The van der Waals surface area contributed by atoms with Crippen molar-refractivity contribution in [1.82, 2.24) is 0 Å². The van der Waals surface area contributed by atoms with E-state index in [1.165, 1.54) is 43.2 Å². The van der Waals surface area contributed by atoms with Gasteiger partial charge < -0.3 is 0 Å². The first-order chi connectivity index (χ1) is 9.60. The molecule has 1 aliphatic rings. The predicted octanol–water partition coefficient (Wildman–Crippen LogP) is 5.48. The fourth-order valence-electron chi connectivity index (χ4n) is 3.56. The third-order valence-electron chi connectivity index (χ3n) is 4.69. The van der Waals surface area contributed by atoms with E-state index in [0.717, 1.165) is 24.3 Å². The van der Waals surface area contributed by atoms with E-state index >= 15 is 0 Å². The summed E-state index contributed by atoms with van der Waals surface area (Å²) in [6, 6.07) is 6.25. The van der Waals surface area contributed by atoms with Crippen LogP contribution in [0.25, 0.3) is 0 Å². The lowest BCUT2D eigenvalue weighted by atomic mass is 9.77. The Kier molecular flexibility index (Phi) is 5.39. The van der Waals surface area contributed by atoms with Crippen LogP contribution in [0.1, 0.15) is 73.4 Å². The quantitative estimate of drug-likeness (QED) is 0.648. The summed E-state index contributed by atoms with van der Waals surface area (Å²) in [6.45, 7) is 6.41. The highest BCUT2D eigenvalue weighted by atomic mass is 16.1. The van der Waals surface area contributed by atoms with Crippen LogP contribution < -0.4 is 0 Å². The van der Waals surface area contributed by atoms with Crippen molar-refractivity contribution in [2.75, 3.05) is 0 Å². The SMILES string of the molecule is CCCCC1CCC(C(=O)c2cc(C)cc(C)c2)CC1. The van der Waals surface area contributed by atoms with Crippen LogP contribution in [0.2, 0.25) is 0 Å². The molecule has 0 saturated heterocycles. The first-order valence-electron chi connectivity index (χ1n) is 8.22. The van der Waals surface area contributed by atoms with Crippen molar-refractivity contribution in [3.05, 3.63) is 34.9 Å². The van der Waals surface area contributed by atoms with Crippen LogP contribution in [0.5, 0.6) is 0 Å². The van der Waals surface area contributed by atoms with Gasteiger partial charge in [-0.2, -0.15) is 0 Å². The van der Waals surface area contributed by atoms with Crippen LogP contribution in [0, 0.1) is 25.7 Å². The third-order valence-corrected chi connectivity index (χ3v) is 4.69. The standard InChI is InChI=1S/C19H28O/c1-4-5-6-16-7-9-17(10-8-16)19(20)18-12-14(2)11-15(3)13-18/h11-13,16-17H,4-10H2,1-3H3. The van der Waals surface area contributed by atoms with Gasteiger partial charge in [-0.3, -0.25) is 4.79 Å². The number of aryl methyl sites for hydroxylation is 2. The molecule has 1 heteroatoms. The minimum absolute atomic E-state index is 0.272. The molecular formula is C19H28O. The maximum absolute atomic E-state index is 12.6. The van der Waals surface area contributed by atoms with Gasteiger partial charge in [-0.25, -0.2) is 0 Å². The molecular weight excluding hydrogens is 244 g/mol. The number of hydrogen-bond acceptors (Lipinski definition) is 1. The molecule has 1 fully saturated rings. The van der Waals surface area contributed by atoms with Gasteiger partial charge in [0.1, 0.15) is 0 Å². The maximum atomic E-state index is 12.6. The summed E-state index contributed by atoms with van der Waals surface area (Å²) in [6.07, 6.45) is 8.70. The molecule has 1 saturated carbocycles. The Hall–Kier alpha value is -1.11. The summed E-state index contributed by atoms with van der Waals surface area (Å²) < 4.78 is 0. The number of carbonyl (C=O) groups excluding carboxylic acids is 1. The highest BCUT2D eigenvalue weighted by Crippen LogP contribution is 2.33. The zero-order chi connectivity index (χ0) is 14.5. The van der Waals surface area contributed by atoms with Crippen molar-refractivity contribution in [2.24, 2.45) is 11.8 Å². The lowest BCUT2D eigenvalue weighted by molar-refractivity contribution is 0.0869. The molecule has 1 aromatic carbocycles. The molecule has 0 unspecified atom stereocenters. The Morgan fingerprint density at radius 1 is 1.05 bits per heavy atom. The van der Waals surface area contributed by atoms with Crippen molar-refractivity contribution in [2.45, 2.75) is 65.7 Å². The van der Waals surface area contributed by atoms with Crippen LogP contribution in [-0.2, 0) is 0 Å². The van der Waals surface area contributed by atoms with Gasteiger partial charge in [-0.1, -0.05) is 43.4 Å². The fourth-order valence-corrected chi connectivity index (χ4v) is 3.56. The van der Waals surface area contributed by atoms with Gasteiger partial charge in [-0.05, 0) is 57.6 Å². The topological polar surface area (TPSA) is 17.1 Å². The normalized spacial score (nSPS) is 22.8. The van der Waals surface area contributed by atoms with Gasteiger partial charge in [0.05, 0.1) is 0 Å². The number of rotatable bonds is 5. The summed E-state index contributed by atoms with van der Waals surface area (Å²) in [5, 5.41) is 0. The lowest BCUT2D eigenvalue weighted by Gasteiger charge is -2.27. The zero-order valence-electron chi connectivity index (χ0n) is 13.2. The van der Waals surface area contributed by atoms with Gasteiger partial charge in [0.25, 0.3) is 0 Å². The zero-order valence-corrected chi connectivity index (χ0v) is 13.2. The van der Waals surface area contributed by atoms with Gasteiger partial charge in [0, 0.05) is 11.5 Å². The molecule has 110 valence electrons. The number of unbranched alkanes of at least 4 members (excludes halogenated alkanes) is 1. The molecule has 0 amide bonds. The Labute approximate surface area is 123 Å². The van der Waals surface area contributed by atoms with Crippen LogP contribution in [0.3, 0.4) is 0 Å². The van der Waals surface area contributed by atoms with Gasteiger partial charge >= 0.3 is 0 Å². The van der Waals surface area contributed by atoms with E-state index in [4.69, 9.17) is 0 Å². The highest BCUT2D eigenvalue weighted by molar-refractivity contribution is 5.98. The Morgan fingerprint density at radius 3 is 2.20 bits per heavy atom. The van der Waals surface area contributed by atoms with E-state index in [1.807, 2.05) is 0 Å². The van der Waals surface area contributed by atoms with E-state index < -0.39 is 0 Å². The molecule has 0 N–H and O–H groups in total. The molecule has 0 heterocycles. The first-order valence-corrected chi connectivity index (χ1v) is 8.22. The molecule has 0 aromatic heterocycles. The summed E-state index contributed by atoms with van der Waals surface area (Å²) in [5.41, 5.74) is 3.33. The number of hydrogen-bond donors (Lipinski definition) is 0. The van der Waals surface area contributed by atoms with Crippen molar-refractivity contribution < 1.29 is 4.79 Å². The summed E-state index contributed by atoms with van der Waals surface area (Å²) in [4.78, 5) is 12.6. The minimum atomic E-state index is 0.272. The number of Topliss-reactive ketones (excluding diaryl/α,β-unsaturated/α-hetero) is 1. The Bertz CT molecular complexity index is 433. The van der Waals surface area contributed by atoms with Crippen molar-refractivity contribution >= 4 is 5.78 Å². The highest BCUT2D eigenvalue weighted by Gasteiger charge is 2.26. The maximum Gasteiger partial charge on any atom is 0.165 e.